The Hall–Kier alpha value is -2.91. The molecule has 0 saturated carbocycles. The normalized spacial score (nSPS) is 20.5. The van der Waals surface area contributed by atoms with Crippen LogP contribution in [0.4, 0.5) is 5.13 Å². The number of nitrogens with one attached hydrogen (secondary N) is 1. The van der Waals surface area contributed by atoms with Gasteiger partial charge in [0.2, 0.25) is 5.16 Å². The number of aliphatic carboxylic acids is 1. The summed E-state index contributed by atoms with van der Waals surface area (Å²) in [5, 5.41) is 25.8. The average Bonchev–Trinajstić information content (AvgIpc) is 3.40. The third-order valence-corrected chi connectivity index (χ3v) is 8.05. The number of nitrogen functional groups attached to an aromatic ring is 1. The number of allylic oxidation sites excluding steroid dienone is 1. The number of nitrogens with zero attached hydrogens (tertiary/aromatic N) is 6. The molecule has 2 aromatic heterocycles. The van der Waals surface area contributed by atoms with Gasteiger partial charge in [-0.1, -0.05) is 24.8 Å². The van der Waals surface area contributed by atoms with Gasteiger partial charge in [0.15, 0.2) is 5.13 Å². The second kappa shape index (κ2) is 9.52. The molecule has 1 fully saturated rings. The van der Waals surface area contributed by atoms with E-state index in [0.29, 0.717) is 45.1 Å². The van der Waals surface area contributed by atoms with Gasteiger partial charge in [0.05, 0.1) is 11.3 Å². The quantitative estimate of drug-likeness (QED) is 0.259. The number of anilines is 1. The highest BCUT2D eigenvalue weighted by atomic mass is 32.2. The third-order valence-electron chi connectivity index (χ3n) is 4.94. The number of hydrogen-bond donors (Lipinski definition) is 3. The summed E-state index contributed by atoms with van der Waals surface area (Å²) in [5.74, 6) is -1.37. The predicted molar refractivity (Wildman–Crippen MR) is 124 cm³/mol. The van der Waals surface area contributed by atoms with Gasteiger partial charge in [0.1, 0.15) is 17.1 Å². The van der Waals surface area contributed by atoms with Gasteiger partial charge in [0, 0.05) is 23.9 Å². The van der Waals surface area contributed by atoms with Crippen LogP contribution in [0.25, 0.3) is 5.57 Å². The van der Waals surface area contributed by atoms with Crippen molar-refractivity contribution in [1.29, 1.82) is 0 Å². The topological polar surface area (TPSA) is 169 Å². The molecule has 2 amide bonds. The molecule has 0 spiro atoms. The van der Waals surface area contributed by atoms with Crippen LogP contribution in [0.3, 0.4) is 0 Å². The van der Waals surface area contributed by atoms with E-state index in [1.165, 1.54) is 44.4 Å². The summed E-state index contributed by atoms with van der Waals surface area (Å²) in [6, 6.07) is -0.828. The molecule has 4 N–H and O–H groups in total. The molecular formula is C18H20N8O4S3. The van der Waals surface area contributed by atoms with Gasteiger partial charge >= 0.3 is 5.97 Å². The number of hydrogen-bond acceptors (Lipinski definition) is 11. The number of thioether (sulfide) groups is 2. The van der Waals surface area contributed by atoms with E-state index in [1.54, 1.807) is 18.5 Å². The molecule has 4 rings (SSSR count). The number of carbonyl (C=O) groups is 3. The molecule has 2 atom stereocenters. The van der Waals surface area contributed by atoms with Gasteiger partial charge in [0.25, 0.3) is 11.8 Å². The molecule has 1 saturated heterocycles. The maximum Gasteiger partial charge on any atom is 0.352 e. The Bertz CT molecular complexity index is 1170. The lowest BCUT2D eigenvalue weighted by molar-refractivity contribution is -0.150. The molecule has 2 aliphatic rings. The molecule has 2 aromatic rings. The van der Waals surface area contributed by atoms with E-state index >= 15 is 0 Å². The number of amides is 2. The number of aromatic nitrogens is 5. The molecule has 0 aromatic carbocycles. The fourth-order valence-electron chi connectivity index (χ4n) is 3.44. The fourth-order valence-corrected chi connectivity index (χ4v) is 6.34. The minimum Gasteiger partial charge on any atom is -0.477 e. The van der Waals surface area contributed by atoms with Crippen LogP contribution in [-0.2, 0) is 21.4 Å². The Kier molecular flexibility index (Phi) is 6.71. The Morgan fingerprint density at radius 1 is 1.45 bits per heavy atom. The summed E-state index contributed by atoms with van der Waals surface area (Å²) >= 11 is 3.92. The fraction of sp³-hybridized carbons (Fsp3) is 0.389. The van der Waals surface area contributed by atoms with Crippen LogP contribution < -0.4 is 11.1 Å². The van der Waals surface area contributed by atoms with Crippen LogP contribution >= 0.6 is 34.9 Å². The second-order valence-electron chi connectivity index (χ2n) is 7.09. The van der Waals surface area contributed by atoms with Gasteiger partial charge in [-0.3, -0.25) is 14.5 Å². The van der Waals surface area contributed by atoms with Crippen LogP contribution in [0.15, 0.2) is 27.9 Å². The Morgan fingerprint density at radius 2 is 2.24 bits per heavy atom. The Morgan fingerprint density at radius 3 is 2.85 bits per heavy atom. The number of carboxylic acid groups (broad SMARTS) is 1. The van der Waals surface area contributed by atoms with E-state index in [9.17, 15) is 19.5 Å². The van der Waals surface area contributed by atoms with Gasteiger partial charge < -0.3 is 16.2 Å². The summed E-state index contributed by atoms with van der Waals surface area (Å²) < 4.78 is 1.49. The van der Waals surface area contributed by atoms with Gasteiger partial charge in [-0.05, 0) is 22.4 Å². The van der Waals surface area contributed by atoms with E-state index < -0.39 is 29.2 Å². The van der Waals surface area contributed by atoms with E-state index in [4.69, 9.17) is 5.73 Å². The van der Waals surface area contributed by atoms with Crippen LogP contribution in [0, 0.1) is 0 Å². The standard InChI is InChI=1S/C18H20N8O4S3/c1-3-4-9(10-7-32-17(19)20-10)13(27)21-11-14(28)26-12(16(29)30)8(5-31-15(11)26)6-33-18-22-23-24-25(18)2/h4,7,11,15H,3,5-6H2,1-2H3,(H2,19,20)(H,21,27)(H,29,30)/b9-4-/t11-,15-/m1/s1. The molecule has 0 bridgehead atoms. The van der Waals surface area contributed by atoms with Crippen LogP contribution in [0.1, 0.15) is 19.0 Å². The maximum absolute atomic E-state index is 12.9. The molecule has 0 unspecified atom stereocenters. The third kappa shape index (κ3) is 4.47. The van der Waals surface area contributed by atoms with Gasteiger partial charge in [-0.2, -0.15) is 0 Å². The predicted octanol–water partition coefficient (Wildman–Crippen LogP) is 0.573. The van der Waals surface area contributed by atoms with Crippen molar-refractivity contribution in [2.75, 3.05) is 17.2 Å². The van der Waals surface area contributed by atoms with Crippen molar-refractivity contribution in [2.45, 2.75) is 29.9 Å². The van der Waals surface area contributed by atoms with Crippen molar-refractivity contribution in [3.8, 4) is 0 Å². The zero-order valence-electron chi connectivity index (χ0n) is 17.6. The molecule has 15 heteroatoms. The molecule has 12 nitrogen and oxygen atoms in total. The van der Waals surface area contributed by atoms with Gasteiger partial charge in [-0.25, -0.2) is 14.5 Å². The minimum atomic E-state index is -1.19. The lowest BCUT2D eigenvalue weighted by atomic mass is 10.0. The lowest BCUT2D eigenvalue weighted by Gasteiger charge is -2.49. The van der Waals surface area contributed by atoms with Crippen LogP contribution in [0.2, 0.25) is 0 Å². The number of fused-ring (bicyclic) bond motifs is 1. The highest BCUT2D eigenvalue weighted by molar-refractivity contribution is 8.01. The monoisotopic (exact) mass is 508 g/mol. The number of tetrazole rings is 1. The van der Waals surface area contributed by atoms with E-state index in [0.717, 1.165) is 0 Å². The molecule has 0 radical (unpaired) electrons. The number of thiazole rings is 1. The molecule has 2 aliphatic heterocycles. The van der Waals surface area contributed by atoms with E-state index in [1.807, 2.05) is 6.92 Å². The minimum absolute atomic E-state index is 0.0477. The number of rotatable bonds is 8. The lowest BCUT2D eigenvalue weighted by Crippen LogP contribution is -2.70. The van der Waals surface area contributed by atoms with Crippen molar-refractivity contribution in [3.63, 3.8) is 0 Å². The highest BCUT2D eigenvalue weighted by Gasteiger charge is 2.54. The first kappa shape index (κ1) is 23.3. The number of nitrogens with two attached hydrogens (primary N) is 1. The zero-order valence-corrected chi connectivity index (χ0v) is 20.0. The number of carbonyl (C=O) groups excluding carboxylic acids is 2. The van der Waals surface area contributed by atoms with Gasteiger partial charge in [-0.15, -0.1) is 28.2 Å². The molecule has 174 valence electrons. The first-order valence-electron chi connectivity index (χ1n) is 9.79. The molecule has 33 heavy (non-hydrogen) atoms. The summed E-state index contributed by atoms with van der Waals surface area (Å²) in [5.41, 5.74) is 7.02. The van der Waals surface area contributed by atoms with Crippen molar-refractivity contribution in [2.24, 2.45) is 7.05 Å². The summed E-state index contributed by atoms with van der Waals surface area (Å²) in [4.78, 5) is 43.2. The first-order valence-corrected chi connectivity index (χ1v) is 12.7. The summed E-state index contributed by atoms with van der Waals surface area (Å²) in [6.45, 7) is 1.89. The van der Waals surface area contributed by atoms with Crippen molar-refractivity contribution in [3.05, 3.63) is 28.4 Å². The maximum atomic E-state index is 12.9. The van der Waals surface area contributed by atoms with Crippen molar-refractivity contribution >= 4 is 63.3 Å². The zero-order chi connectivity index (χ0) is 23.7. The smallest absolute Gasteiger partial charge is 0.352 e. The molecule has 4 heterocycles. The average molecular weight is 509 g/mol. The second-order valence-corrected chi connectivity index (χ2v) is 10.0. The number of β-lactam (4-membered cyclic amide) rings is 1. The Balaban J connectivity index is 1.49. The summed E-state index contributed by atoms with van der Waals surface area (Å²) in [7, 11) is 1.69. The van der Waals surface area contributed by atoms with Crippen LogP contribution in [-0.4, -0.2) is 75.9 Å². The molecule has 0 aliphatic carbocycles. The summed E-state index contributed by atoms with van der Waals surface area (Å²) in [6.07, 6.45) is 2.31. The van der Waals surface area contributed by atoms with E-state index in [-0.39, 0.29) is 5.70 Å². The number of aryl methyl sites for hydroxylation is 1. The van der Waals surface area contributed by atoms with Crippen molar-refractivity contribution in [1.82, 2.24) is 35.4 Å². The van der Waals surface area contributed by atoms with Crippen molar-refractivity contribution < 1.29 is 19.5 Å². The van der Waals surface area contributed by atoms with Crippen LogP contribution in [0.5, 0.6) is 0 Å². The largest absolute Gasteiger partial charge is 0.477 e. The first-order chi connectivity index (χ1) is 15.8. The van der Waals surface area contributed by atoms with E-state index in [2.05, 4.69) is 25.8 Å². The Labute approximate surface area is 200 Å². The SMILES string of the molecule is CC/C=C(\C(=O)N[C@@H]1C(=O)N2C(C(=O)O)=C(CSc3nnnn3C)CS[C@H]12)c1csc(N)n1. The number of carboxylic acids is 1. The molecular weight excluding hydrogens is 488 g/mol. The highest BCUT2D eigenvalue weighted by Crippen LogP contribution is 2.41.